The molecule has 0 radical (unpaired) electrons. The van der Waals surface area contributed by atoms with Crippen molar-refractivity contribution in [2.24, 2.45) is 7.05 Å². The number of carbonyl (C=O) groups excluding carboxylic acids is 2. The summed E-state index contributed by atoms with van der Waals surface area (Å²) in [6.45, 7) is 0.769. The second kappa shape index (κ2) is 13.5. The molecule has 3 aromatic rings. The lowest BCUT2D eigenvalue weighted by Gasteiger charge is -2.15. The highest BCUT2D eigenvalue weighted by molar-refractivity contribution is 9.10. The van der Waals surface area contributed by atoms with E-state index < -0.39 is 17.6 Å². The zero-order chi connectivity index (χ0) is 26.1. The van der Waals surface area contributed by atoms with Crippen molar-refractivity contribution < 1.29 is 28.8 Å². The SMILES string of the molecule is Cn1cnc2c(F)c(Nc3ccc(Br)cc3Cl)c(C(=O)NOCCOCCCCCC(=O)NO)cc21. The first-order valence-corrected chi connectivity index (χ1v) is 12.3. The number of hydrogen-bond donors (Lipinski definition) is 4. The third-order valence-electron chi connectivity index (χ3n) is 5.21. The molecule has 36 heavy (non-hydrogen) atoms. The molecule has 0 atom stereocenters. The molecule has 3 rings (SSSR count). The van der Waals surface area contributed by atoms with Crippen LogP contribution in [0.25, 0.3) is 11.0 Å². The van der Waals surface area contributed by atoms with Gasteiger partial charge in [0.05, 0.1) is 47.0 Å². The molecule has 0 saturated heterocycles. The maximum absolute atomic E-state index is 15.4. The number of amides is 2. The van der Waals surface area contributed by atoms with E-state index in [1.807, 2.05) is 0 Å². The Hall–Kier alpha value is -2.77. The highest BCUT2D eigenvalue weighted by atomic mass is 79.9. The molecule has 0 aliphatic rings. The molecule has 0 aliphatic heterocycles. The Bertz CT molecular complexity index is 1230. The topological polar surface area (TPSA) is 127 Å². The fourth-order valence-corrected chi connectivity index (χ4v) is 4.07. The molecule has 0 bridgehead atoms. The zero-order valence-electron chi connectivity index (χ0n) is 19.4. The molecule has 13 heteroatoms. The minimum Gasteiger partial charge on any atom is -0.379 e. The molecular weight excluding hydrogens is 561 g/mol. The van der Waals surface area contributed by atoms with Crippen LogP contribution in [0.3, 0.4) is 0 Å². The number of carbonyl (C=O) groups is 2. The van der Waals surface area contributed by atoms with Crippen LogP contribution in [-0.2, 0) is 21.4 Å². The molecule has 0 aliphatic carbocycles. The third-order valence-corrected chi connectivity index (χ3v) is 6.01. The molecule has 10 nitrogen and oxygen atoms in total. The Labute approximate surface area is 220 Å². The standard InChI is InChI=1S/C23H26BrClFN5O5/c1-31-13-27-22-18(31)12-15(21(20(22)26)28-17-7-6-14(24)11-16(17)25)23(33)30-36-10-9-35-8-4-2-3-5-19(32)29-34/h6-7,11-13,28,34H,2-5,8-10H2,1H3,(H,29,32)(H,30,33). The Kier molecular flexibility index (Phi) is 10.4. The van der Waals surface area contributed by atoms with Gasteiger partial charge >= 0.3 is 0 Å². The molecule has 2 amide bonds. The van der Waals surface area contributed by atoms with Gasteiger partial charge in [0.25, 0.3) is 5.91 Å². The molecule has 0 fully saturated rings. The van der Waals surface area contributed by atoms with E-state index in [9.17, 15) is 9.59 Å². The molecule has 0 saturated carbocycles. The van der Waals surface area contributed by atoms with E-state index in [2.05, 4.69) is 31.7 Å². The van der Waals surface area contributed by atoms with E-state index in [1.54, 1.807) is 35.3 Å². The van der Waals surface area contributed by atoms with Crippen LogP contribution in [0.5, 0.6) is 0 Å². The second-order valence-corrected chi connectivity index (χ2v) is 9.15. The van der Waals surface area contributed by atoms with Crippen LogP contribution in [0, 0.1) is 5.82 Å². The summed E-state index contributed by atoms with van der Waals surface area (Å²) < 4.78 is 23.2. The number of anilines is 2. The quantitative estimate of drug-likeness (QED) is 0.131. The second-order valence-electron chi connectivity index (χ2n) is 7.82. The first-order chi connectivity index (χ1) is 17.3. The summed E-state index contributed by atoms with van der Waals surface area (Å²) >= 11 is 9.60. The number of halogens is 3. The van der Waals surface area contributed by atoms with Gasteiger partial charge in [0, 0.05) is 24.5 Å². The van der Waals surface area contributed by atoms with Crippen LogP contribution in [0.4, 0.5) is 15.8 Å². The van der Waals surface area contributed by atoms with Gasteiger partial charge in [-0.3, -0.25) is 19.6 Å². The molecular formula is C23H26BrClFN5O5. The van der Waals surface area contributed by atoms with Gasteiger partial charge in [-0.2, -0.15) is 0 Å². The van der Waals surface area contributed by atoms with Crippen molar-refractivity contribution in [3.8, 4) is 0 Å². The Morgan fingerprint density at radius 2 is 2.00 bits per heavy atom. The van der Waals surface area contributed by atoms with Gasteiger partial charge in [-0.25, -0.2) is 20.3 Å². The van der Waals surface area contributed by atoms with Gasteiger partial charge in [-0.15, -0.1) is 0 Å². The van der Waals surface area contributed by atoms with E-state index in [4.69, 9.17) is 26.4 Å². The summed E-state index contributed by atoms with van der Waals surface area (Å²) in [5.74, 6) is -1.77. The summed E-state index contributed by atoms with van der Waals surface area (Å²) in [5.41, 5.74) is 4.78. The van der Waals surface area contributed by atoms with Gasteiger partial charge in [0.1, 0.15) is 5.52 Å². The van der Waals surface area contributed by atoms with Gasteiger partial charge in [0.2, 0.25) is 5.91 Å². The lowest BCUT2D eigenvalue weighted by atomic mass is 10.1. The van der Waals surface area contributed by atoms with E-state index in [1.165, 1.54) is 12.4 Å². The van der Waals surface area contributed by atoms with Crippen LogP contribution in [0.15, 0.2) is 35.1 Å². The van der Waals surface area contributed by atoms with Crippen molar-refractivity contribution in [3.63, 3.8) is 0 Å². The van der Waals surface area contributed by atoms with Gasteiger partial charge in [-0.05, 0) is 37.1 Å². The highest BCUT2D eigenvalue weighted by Gasteiger charge is 2.22. The van der Waals surface area contributed by atoms with Crippen LogP contribution < -0.4 is 16.3 Å². The summed E-state index contributed by atoms with van der Waals surface area (Å²) in [4.78, 5) is 33.1. The summed E-state index contributed by atoms with van der Waals surface area (Å²) in [6.07, 6.45) is 3.86. The van der Waals surface area contributed by atoms with Crippen LogP contribution in [0.1, 0.15) is 36.0 Å². The largest absolute Gasteiger partial charge is 0.379 e. The molecule has 194 valence electrons. The molecule has 2 aromatic carbocycles. The van der Waals surface area contributed by atoms with Crippen molar-refractivity contribution >= 4 is 61.8 Å². The molecule has 1 heterocycles. The Balaban J connectivity index is 1.58. The number of benzene rings is 2. The average molecular weight is 587 g/mol. The fourth-order valence-electron chi connectivity index (χ4n) is 3.35. The number of unbranched alkanes of at least 4 members (excludes halogenated alkanes) is 2. The van der Waals surface area contributed by atoms with E-state index in [0.717, 1.165) is 17.3 Å². The number of nitrogens with one attached hydrogen (secondary N) is 3. The van der Waals surface area contributed by atoms with Crippen molar-refractivity contribution in [2.45, 2.75) is 25.7 Å². The normalized spacial score (nSPS) is 11.0. The molecule has 1 aromatic heterocycles. The van der Waals surface area contributed by atoms with Gasteiger partial charge in [0.15, 0.2) is 5.82 Å². The van der Waals surface area contributed by atoms with Crippen LogP contribution in [0.2, 0.25) is 5.02 Å². The van der Waals surface area contributed by atoms with E-state index >= 15 is 4.39 Å². The number of nitrogens with zero attached hydrogens (tertiary/aromatic N) is 2. The van der Waals surface area contributed by atoms with Crippen LogP contribution >= 0.6 is 27.5 Å². The minimum atomic E-state index is -0.697. The number of imidazole rings is 1. The maximum atomic E-state index is 15.4. The van der Waals surface area contributed by atoms with Crippen molar-refractivity contribution in [1.29, 1.82) is 0 Å². The third kappa shape index (κ3) is 7.37. The number of aryl methyl sites for hydroxylation is 1. The number of rotatable bonds is 13. The zero-order valence-corrected chi connectivity index (χ0v) is 21.8. The lowest BCUT2D eigenvalue weighted by molar-refractivity contribution is -0.129. The monoisotopic (exact) mass is 585 g/mol. The van der Waals surface area contributed by atoms with Crippen molar-refractivity contribution in [3.05, 3.63) is 51.5 Å². The summed E-state index contributed by atoms with van der Waals surface area (Å²) in [7, 11) is 1.70. The number of ether oxygens (including phenoxy) is 1. The predicted octanol–water partition coefficient (Wildman–Crippen LogP) is 4.62. The lowest BCUT2D eigenvalue weighted by Crippen LogP contribution is -2.26. The number of fused-ring (bicyclic) bond motifs is 1. The molecule has 4 N–H and O–H groups in total. The van der Waals surface area contributed by atoms with Gasteiger partial charge < -0.3 is 14.6 Å². The Morgan fingerprint density at radius 3 is 2.75 bits per heavy atom. The smallest absolute Gasteiger partial charge is 0.277 e. The fraction of sp³-hybridized carbons (Fsp3) is 0.348. The molecule has 0 unspecified atom stereocenters. The number of hydroxylamine groups is 2. The van der Waals surface area contributed by atoms with Gasteiger partial charge in [-0.1, -0.05) is 34.0 Å². The van der Waals surface area contributed by atoms with E-state index in [0.29, 0.717) is 29.3 Å². The summed E-state index contributed by atoms with van der Waals surface area (Å²) in [5, 5.41) is 11.7. The van der Waals surface area contributed by atoms with E-state index in [-0.39, 0.29) is 36.4 Å². The summed E-state index contributed by atoms with van der Waals surface area (Å²) in [6, 6.07) is 6.56. The first-order valence-electron chi connectivity index (χ1n) is 11.1. The van der Waals surface area contributed by atoms with Crippen molar-refractivity contribution in [2.75, 3.05) is 25.1 Å². The molecule has 0 spiro atoms. The predicted molar refractivity (Wildman–Crippen MR) is 136 cm³/mol. The maximum Gasteiger partial charge on any atom is 0.277 e. The van der Waals surface area contributed by atoms with Crippen molar-refractivity contribution in [1.82, 2.24) is 20.5 Å². The number of hydrogen-bond acceptors (Lipinski definition) is 7. The Morgan fingerprint density at radius 1 is 1.19 bits per heavy atom. The first kappa shape index (κ1) is 27.8. The van der Waals surface area contributed by atoms with Crippen LogP contribution in [-0.4, -0.2) is 46.4 Å². The average Bonchev–Trinajstić information content (AvgIpc) is 3.23. The minimum absolute atomic E-state index is 0.00965. The highest BCUT2D eigenvalue weighted by Crippen LogP contribution is 2.34. The number of aromatic nitrogens is 2.